The molecule has 0 saturated heterocycles. The molecule has 2 unspecified atom stereocenters. The number of carbonyl (C=O) groups excluding carboxylic acids is 2. The lowest BCUT2D eigenvalue weighted by Gasteiger charge is -2.24. The van der Waals surface area contributed by atoms with Crippen LogP contribution in [-0.2, 0) is 32.7 Å². The third-order valence-corrected chi connectivity index (χ3v) is 21.0. The largest absolute Gasteiger partial charge is 0.472 e. The summed E-state index contributed by atoms with van der Waals surface area (Å²) in [7, 11) is 1.49. The van der Waals surface area contributed by atoms with Gasteiger partial charge in [-0.25, -0.2) is 4.57 Å². The highest BCUT2D eigenvalue weighted by Gasteiger charge is 2.27. The van der Waals surface area contributed by atoms with E-state index in [4.69, 9.17) is 18.5 Å². The number of esters is 2. The van der Waals surface area contributed by atoms with E-state index >= 15 is 0 Å². The first kappa shape index (κ1) is 102. The molecule has 0 aromatic heterocycles. The van der Waals surface area contributed by atoms with Crippen molar-refractivity contribution >= 4 is 19.8 Å². The molecular weight excluding hydrogens is 1330 g/mol. The van der Waals surface area contributed by atoms with Crippen molar-refractivity contribution in [2.75, 3.05) is 47.5 Å². The van der Waals surface area contributed by atoms with Gasteiger partial charge in [0.05, 0.1) is 27.7 Å². The summed E-state index contributed by atoms with van der Waals surface area (Å²) in [5.74, 6) is -0.780. The van der Waals surface area contributed by atoms with Gasteiger partial charge in [-0.1, -0.05) is 424 Å². The van der Waals surface area contributed by atoms with E-state index in [1.54, 1.807) is 0 Å². The van der Waals surface area contributed by atoms with Gasteiger partial charge in [0, 0.05) is 12.8 Å². The van der Waals surface area contributed by atoms with Crippen LogP contribution in [0.5, 0.6) is 0 Å². The summed E-state index contributed by atoms with van der Waals surface area (Å²) in [6.07, 6.45) is 124. The second kappa shape index (κ2) is 85.4. The van der Waals surface area contributed by atoms with E-state index in [0.717, 1.165) is 89.9 Å². The molecule has 10 heteroatoms. The summed E-state index contributed by atoms with van der Waals surface area (Å²) in [6, 6.07) is 0. The van der Waals surface area contributed by atoms with Crippen LogP contribution >= 0.6 is 7.82 Å². The molecule has 0 bridgehead atoms. The molecule has 0 amide bonds. The maximum atomic E-state index is 13.0. The summed E-state index contributed by atoms with van der Waals surface area (Å²) in [6.45, 7) is 4.36. The molecular formula is C96H173NO8P+. The number of nitrogens with zero attached hydrogens (tertiary/aromatic N) is 1. The number of hydrogen-bond donors (Lipinski definition) is 1. The van der Waals surface area contributed by atoms with Crippen molar-refractivity contribution in [3.63, 3.8) is 0 Å². The smallest absolute Gasteiger partial charge is 0.462 e. The fourth-order valence-electron chi connectivity index (χ4n) is 13.1. The molecule has 1 N–H and O–H groups in total. The molecule has 0 aromatic carbocycles. The Morgan fingerprint density at radius 1 is 0.302 bits per heavy atom. The van der Waals surface area contributed by atoms with Gasteiger partial charge in [0.15, 0.2) is 6.10 Å². The van der Waals surface area contributed by atoms with Crippen molar-refractivity contribution < 1.29 is 42.1 Å². The third kappa shape index (κ3) is 89.3. The first-order chi connectivity index (χ1) is 52.0. The molecule has 0 radical (unpaired) electrons. The van der Waals surface area contributed by atoms with Crippen LogP contribution in [0.25, 0.3) is 0 Å². The molecule has 0 aliphatic heterocycles. The lowest BCUT2D eigenvalue weighted by molar-refractivity contribution is -0.870. The van der Waals surface area contributed by atoms with Gasteiger partial charge in [0.1, 0.15) is 19.8 Å². The predicted molar refractivity (Wildman–Crippen MR) is 464 cm³/mol. The minimum atomic E-state index is -4.40. The van der Waals surface area contributed by atoms with Crippen LogP contribution in [0, 0.1) is 0 Å². The first-order valence-electron chi connectivity index (χ1n) is 45.3. The van der Waals surface area contributed by atoms with Crippen LogP contribution < -0.4 is 0 Å². The van der Waals surface area contributed by atoms with E-state index in [1.165, 1.54) is 302 Å². The molecule has 0 heterocycles. The summed E-state index contributed by atoms with van der Waals surface area (Å²) in [5.41, 5.74) is 0. The maximum Gasteiger partial charge on any atom is 0.472 e. The number of rotatable bonds is 84. The highest BCUT2D eigenvalue weighted by molar-refractivity contribution is 7.47. The van der Waals surface area contributed by atoms with Gasteiger partial charge in [-0.2, -0.15) is 0 Å². The summed E-state index contributed by atoms with van der Waals surface area (Å²) >= 11 is 0. The number of phosphoric ester groups is 1. The van der Waals surface area contributed by atoms with Gasteiger partial charge in [-0.3, -0.25) is 18.6 Å². The minimum Gasteiger partial charge on any atom is -0.462 e. The number of allylic oxidation sites excluding steroid dienone is 20. The third-order valence-electron chi connectivity index (χ3n) is 20.0. The highest BCUT2D eigenvalue weighted by atomic mass is 31.2. The zero-order valence-electron chi connectivity index (χ0n) is 70.4. The Bertz CT molecular complexity index is 2210. The Hall–Kier alpha value is -3.59. The van der Waals surface area contributed by atoms with Crippen LogP contribution in [-0.4, -0.2) is 74.9 Å². The Kier molecular flexibility index (Phi) is 82.5. The second-order valence-corrected chi connectivity index (χ2v) is 33.1. The Balaban J connectivity index is 3.89. The number of ether oxygens (including phenoxy) is 2. The molecule has 2 atom stereocenters. The molecule has 0 aromatic rings. The van der Waals surface area contributed by atoms with Gasteiger partial charge in [0.25, 0.3) is 0 Å². The van der Waals surface area contributed by atoms with Crippen molar-refractivity contribution in [3.05, 3.63) is 122 Å². The Morgan fingerprint density at radius 3 is 0.802 bits per heavy atom. The topological polar surface area (TPSA) is 108 Å². The van der Waals surface area contributed by atoms with Crippen molar-refractivity contribution in [3.8, 4) is 0 Å². The van der Waals surface area contributed by atoms with Gasteiger partial charge < -0.3 is 18.9 Å². The van der Waals surface area contributed by atoms with Gasteiger partial charge in [-0.15, -0.1) is 0 Å². The summed E-state index contributed by atoms with van der Waals surface area (Å²) in [5, 5.41) is 0. The van der Waals surface area contributed by atoms with E-state index in [9.17, 15) is 19.0 Å². The molecule has 0 aliphatic carbocycles. The second-order valence-electron chi connectivity index (χ2n) is 31.6. The minimum absolute atomic E-state index is 0.0308. The zero-order chi connectivity index (χ0) is 76.8. The molecule has 9 nitrogen and oxygen atoms in total. The standard InChI is InChI=1S/C96H172NO8P/c1-6-8-10-12-14-16-18-20-22-24-26-28-30-32-34-36-38-40-42-44-46-48-50-52-54-56-58-60-62-64-66-68-70-72-74-76-78-80-82-84-86-88-95(98)102-92-94(93-104-106(100,101)103-91-90-97(3,4)5)105-96(99)89-87-85-83-81-79-77-75-73-71-69-67-65-63-61-59-57-55-53-51-49-47-45-43-41-39-37-35-33-31-29-27-25-23-21-19-17-15-13-11-9-7-2/h9,11,15,17-18,20-21,23-24,26-27,29,33,35,39,41,45,47,51,53,94H,6-8,10,12-14,16,19,22,25,28,30-32,34,36-38,40,42-44,46,48-50,52,54-93H2,1-5H3/p+1/b11-9-,17-15-,20-18-,23-21-,26-24-,29-27-,35-33-,41-39-,47-45-,53-51-. The fraction of sp³-hybridized carbons (Fsp3) is 0.771. The van der Waals surface area contributed by atoms with E-state index in [2.05, 4.69) is 135 Å². The van der Waals surface area contributed by atoms with Crippen molar-refractivity contribution in [1.29, 1.82) is 0 Å². The van der Waals surface area contributed by atoms with Crippen LogP contribution in [0.4, 0.5) is 0 Å². The SMILES string of the molecule is CC/C=C\C/C=C\C/C=C\C/C=C\C/C=C\C/C=C\C/C=C\C/C=C\CCCCCCCCCCCCCCCCCCC(=O)OC(COC(=O)CCCCCCCCCCCCCCCCCCCCCCCCCCCCCCC/C=C\C/C=C\CCCCCCC)COP(=O)(O)OCC[N+](C)(C)C. The number of hydrogen-bond acceptors (Lipinski definition) is 7. The maximum absolute atomic E-state index is 13.0. The van der Waals surface area contributed by atoms with Gasteiger partial charge >= 0.3 is 19.8 Å². The number of likely N-dealkylation sites (N-methyl/N-ethyl adjacent to an activating group) is 1. The predicted octanol–water partition coefficient (Wildman–Crippen LogP) is 30.8. The van der Waals surface area contributed by atoms with E-state index in [1.807, 2.05) is 21.1 Å². The van der Waals surface area contributed by atoms with Crippen LogP contribution in [0.1, 0.15) is 425 Å². The van der Waals surface area contributed by atoms with E-state index in [0.29, 0.717) is 23.9 Å². The molecule has 614 valence electrons. The molecule has 0 fully saturated rings. The van der Waals surface area contributed by atoms with E-state index in [-0.39, 0.29) is 25.6 Å². The highest BCUT2D eigenvalue weighted by Crippen LogP contribution is 2.43. The monoisotopic (exact) mass is 1500 g/mol. The first-order valence-corrected chi connectivity index (χ1v) is 46.8. The molecule has 106 heavy (non-hydrogen) atoms. The summed E-state index contributed by atoms with van der Waals surface area (Å²) < 4.78 is 34.9. The zero-order valence-corrected chi connectivity index (χ0v) is 71.3. The Morgan fingerprint density at radius 2 is 0.538 bits per heavy atom. The Labute approximate surface area is 658 Å². The van der Waals surface area contributed by atoms with Crippen LogP contribution in [0.3, 0.4) is 0 Å². The number of phosphoric acid groups is 1. The van der Waals surface area contributed by atoms with Crippen molar-refractivity contribution in [1.82, 2.24) is 0 Å². The molecule has 0 rings (SSSR count). The van der Waals surface area contributed by atoms with Gasteiger partial charge in [0.2, 0.25) is 0 Å². The quantitative estimate of drug-likeness (QED) is 0.0211. The summed E-state index contributed by atoms with van der Waals surface area (Å²) in [4.78, 5) is 36.1. The number of unbranched alkanes of at least 4 members (excludes halogenated alkanes) is 50. The number of quaternary nitrogens is 1. The van der Waals surface area contributed by atoms with Crippen molar-refractivity contribution in [2.24, 2.45) is 0 Å². The average molecular weight is 1500 g/mol. The molecule has 0 spiro atoms. The molecule has 0 saturated carbocycles. The van der Waals surface area contributed by atoms with Crippen LogP contribution in [0.2, 0.25) is 0 Å². The van der Waals surface area contributed by atoms with Crippen molar-refractivity contribution in [2.45, 2.75) is 431 Å². The lowest BCUT2D eigenvalue weighted by atomic mass is 10.0. The van der Waals surface area contributed by atoms with Gasteiger partial charge in [-0.05, 0) is 109 Å². The lowest BCUT2D eigenvalue weighted by Crippen LogP contribution is -2.37. The van der Waals surface area contributed by atoms with Crippen LogP contribution in [0.15, 0.2) is 122 Å². The fourth-order valence-corrected chi connectivity index (χ4v) is 13.9. The van der Waals surface area contributed by atoms with E-state index < -0.39 is 26.5 Å². The number of carbonyl (C=O) groups is 2. The molecule has 0 aliphatic rings. The average Bonchev–Trinajstić information content (AvgIpc) is 0.908. The normalized spacial score (nSPS) is 13.5.